The van der Waals surface area contributed by atoms with Crippen LogP contribution in [0.3, 0.4) is 0 Å². The van der Waals surface area contributed by atoms with Crippen molar-refractivity contribution in [2.24, 2.45) is 0 Å². The van der Waals surface area contributed by atoms with Gasteiger partial charge in [0.2, 0.25) is 0 Å². The molecule has 0 saturated carbocycles. The van der Waals surface area contributed by atoms with Crippen molar-refractivity contribution in [3.05, 3.63) is 57.0 Å². The predicted octanol–water partition coefficient (Wildman–Crippen LogP) is 5.75. The number of amides is 1. The number of aryl methyl sites for hydroxylation is 1. The van der Waals surface area contributed by atoms with E-state index in [1.165, 1.54) is 12.1 Å². The van der Waals surface area contributed by atoms with Gasteiger partial charge in [-0.25, -0.2) is 0 Å². The van der Waals surface area contributed by atoms with Gasteiger partial charge in [0, 0.05) is 0 Å². The normalized spacial score (nSPS) is 11.9. The molecular formula is C17H16Cl3NO2. The SMILES string of the molecule is CC[C@@H](Oc1ccc(C)cc1)C(=O)Nc1cc(Cl)c(Cl)cc1Cl. The maximum atomic E-state index is 12.4. The van der Waals surface area contributed by atoms with E-state index in [1.807, 2.05) is 38.1 Å². The van der Waals surface area contributed by atoms with Crippen LogP contribution in [0.1, 0.15) is 18.9 Å². The van der Waals surface area contributed by atoms with Crippen molar-refractivity contribution in [3.8, 4) is 5.75 Å². The van der Waals surface area contributed by atoms with Gasteiger partial charge < -0.3 is 10.1 Å². The Kier molecular flexibility index (Phi) is 6.17. The standard InChI is InChI=1S/C17H16Cl3NO2/c1-3-16(23-11-6-4-10(2)5-7-11)17(22)21-15-9-13(19)12(18)8-14(15)20/h4-9,16H,3H2,1-2H3,(H,21,22)/t16-/m1/s1. The summed E-state index contributed by atoms with van der Waals surface area (Å²) in [5, 5.41) is 3.69. The van der Waals surface area contributed by atoms with E-state index in [0.29, 0.717) is 32.9 Å². The highest BCUT2D eigenvalue weighted by Crippen LogP contribution is 2.32. The number of carbonyl (C=O) groups excluding carboxylic acids is 1. The molecule has 0 spiro atoms. The Labute approximate surface area is 150 Å². The number of rotatable bonds is 5. The van der Waals surface area contributed by atoms with Crippen LogP contribution in [0.2, 0.25) is 15.1 Å². The maximum absolute atomic E-state index is 12.4. The number of carbonyl (C=O) groups is 1. The van der Waals surface area contributed by atoms with Crippen LogP contribution in [0.15, 0.2) is 36.4 Å². The van der Waals surface area contributed by atoms with Crippen LogP contribution in [0.25, 0.3) is 0 Å². The summed E-state index contributed by atoms with van der Waals surface area (Å²) in [6.45, 7) is 3.86. The second-order valence-electron chi connectivity index (χ2n) is 5.06. The summed E-state index contributed by atoms with van der Waals surface area (Å²) < 4.78 is 5.73. The molecule has 0 heterocycles. The highest BCUT2D eigenvalue weighted by Gasteiger charge is 2.20. The van der Waals surface area contributed by atoms with Gasteiger partial charge >= 0.3 is 0 Å². The Balaban J connectivity index is 2.11. The van der Waals surface area contributed by atoms with E-state index in [0.717, 1.165) is 5.56 Å². The van der Waals surface area contributed by atoms with Gasteiger partial charge in [0.15, 0.2) is 6.10 Å². The number of halogens is 3. The molecule has 0 aliphatic heterocycles. The van der Waals surface area contributed by atoms with E-state index in [9.17, 15) is 4.79 Å². The number of hydrogen-bond donors (Lipinski definition) is 1. The van der Waals surface area contributed by atoms with Crippen LogP contribution in [0, 0.1) is 6.92 Å². The first-order chi connectivity index (χ1) is 10.9. The number of nitrogens with one attached hydrogen (secondary N) is 1. The molecule has 3 nitrogen and oxygen atoms in total. The molecule has 0 bridgehead atoms. The molecule has 2 rings (SSSR count). The number of anilines is 1. The molecule has 1 N–H and O–H groups in total. The van der Waals surface area contributed by atoms with E-state index < -0.39 is 6.10 Å². The lowest BCUT2D eigenvalue weighted by Crippen LogP contribution is -2.32. The summed E-state index contributed by atoms with van der Waals surface area (Å²) in [4.78, 5) is 12.4. The lowest BCUT2D eigenvalue weighted by Gasteiger charge is -2.18. The Morgan fingerprint density at radius 1 is 1.09 bits per heavy atom. The molecule has 0 fully saturated rings. The Hall–Kier alpha value is -1.42. The summed E-state index contributed by atoms with van der Waals surface area (Å²) in [5.74, 6) is 0.339. The fraction of sp³-hybridized carbons (Fsp3) is 0.235. The second kappa shape index (κ2) is 7.91. The van der Waals surface area contributed by atoms with Crippen LogP contribution in [0.4, 0.5) is 5.69 Å². The zero-order valence-corrected chi connectivity index (χ0v) is 15.0. The van der Waals surface area contributed by atoms with Crippen LogP contribution >= 0.6 is 34.8 Å². The zero-order chi connectivity index (χ0) is 17.0. The zero-order valence-electron chi connectivity index (χ0n) is 12.7. The molecule has 2 aromatic rings. The Morgan fingerprint density at radius 2 is 1.70 bits per heavy atom. The fourth-order valence-electron chi connectivity index (χ4n) is 1.93. The van der Waals surface area contributed by atoms with Crippen molar-refractivity contribution in [1.29, 1.82) is 0 Å². The molecule has 23 heavy (non-hydrogen) atoms. The van der Waals surface area contributed by atoms with E-state index in [-0.39, 0.29) is 5.91 Å². The monoisotopic (exact) mass is 371 g/mol. The van der Waals surface area contributed by atoms with E-state index in [4.69, 9.17) is 39.5 Å². The van der Waals surface area contributed by atoms with Crippen LogP contribution in [0.5, 0.6) is 5.75 Å². The molecule has 0 aliphatic carbocycles. The van der Waals surface area contributed by atoms with E-state index >= 15 is 0 Å². The van der Waals surface area contributed by atoms with Crippen molar-refractivity contribution >= 4 is 46.4 Å². The average Bonchev–Trinajstić information content (AvgIpc) is 2.52. The summed E-state index contributed by atoms with van der Waals surface area (Å²) in [5.41, 5.74) is 1.52. The van der Waals surface area contributed by atoms with Crippen molar-refractivity contribution in [1.82, 2.24) is 0 Å². The third-order valence-corrected chi connectivity index (χ3v) is 4.27. The first-order valence-corrected chi connectivity index (χ1v) is 8.22. The third kappa shape index (κ3) is 4.77. The van der Waals surface area contributed by atoms with Crippen LogP contribution in [-0.2, 0) is 4.79 Å². The molecule has 0 saturated heterocycles. The van der Waals surface area contributed by atoms with Gasteiger partial charge in [-0.3, -0.25) is 4.79 Å². The van der Waals surface area contributed by atoms with Gasteiger partial charge in [0.25, 0.3) is 5.91 Å². The molecule has 0 aromatic heterocycles. The smallest absolute Gasteiger partial charge is 0.265 e. The largest absolute Gasteiger partial charge is 0.481 e. The summed E-state index contributed by atoms with van der Waals surface area (Å²) in [6.07, 6.45) is -0.123. The van der Waals surface area contributed by atoms with Gasteiger partial charge in [-0.1, -0.05) is 59.4 Å². The van der Waals surface area contributed by atoms with E-state index in [2.05, 4.69) is 5.32 Å². The highest BCUT2D eigenvalue weighted by molar-refractivity contribution is 6.44. The minimum Gasteiger partial charge on any atom is -0.481 e. The van der Waals surface area contributed by atoms with Crippen molar-refractivity contribution in [2.45, 2.75) is 26.4 Å². The lowest BCUT2D eigenvalue weighted by atomic mass is 10.2. The Bertz CT molecular complexity index is 702. The molecule has 2 aromatic carbocycles. The topological polar surface area (TPSA) is 38.3 Å². The van der Waals surface area contributed by atoms with Crippen LogP contribution in [-0.4, -0.2) is 12.0 Å². The third-order valence-electron chi connectivity index (χ3n) is 3.23. The van der Waals surface area contributed by atoms with Crippen molar-refractivity contribution < 1.29 is 9.53 Å². The first kappa shape index (κ1) is 17.9. The lowest BCUT2D eigenvalue weighted by molar-refractivity contribution is -0.122. The van der Waals surface area contributed by atoms with Gasteiger partial charge in [-0.2, -0.15) is 0 Å². The molecule has 0 radical (unpaired) electrons. The molecule has 0 unspecified atom stereocenters. The number of benzene rings is 2. The molecule has 122 valence electrons. The molecule has 0 aliphatic rings. The minimum atomic E-state index is -0.636. The highest BCUT2D eigenvalue weighted by atomic mass is 35.5. The number of ether oxygens (including phenoxy) is 1. The minimum absolute atomic E-state index is 0.298. The van der Waals surface area contributed by atoms with Crippen LogP contribution < -0.4 is 10.1 Å². The maximum Gasteiger partial charge on any atom is 0.265 e. The quantitative estimate of drug-likeness (QED) is 0.678. The van der Waals surface area contributed by atoms with Crippen molar-refractivity contribution in [2.75, 3.05) is 5.32 Å². The van der Waals surface area contributed by atoms with Gasteiger partial charge in [-0.15, -0.1) is 0 Å². The molecule has 1 atom stereocenters. The predicted molar refractivity (Wildman–Crippen MR) is 96.0 cm³/mol. The molecule has 6 heteroatoms. The van der Waals surface area contributed by atoms with E-state index in [1.54, 1.807) is 0 Å². The second-order valence-corrected chi connectivity index (χ2v) is 6.28. The number of hydrogen-bond acceptors (Lipinski definition) is 2. The summed E-state index contributed by atoms with van der Waals surface area (Å²) >= 11 is 17.9. The fourth-order valence-corrected chi connectivity index (χ4v) is 2.53. The first-order valence-electron chi connectivity index (χ1n) is 7.09. The molecule has 1 amide bonds. The van der Waals surface area contributed by atoms with Gasteiger partial charge in [-0.05, 0) is 37.6 Å². The van der Waals surface area contributed by atoms with Gasteiger partial charge in [0.1, 0.15) is 5.75 Å². The summed E-state index contributed by atoms with van der Waals surface area (Å²) in [7, 11) is 0. The van der Waals surface area contributed by atoms with Crippen molar-refractivity contribution in [3.63, 3.8) is 0 Å². The van der Waals surface area contributed by atoms with Gasteiger partial charge in [0.05, 0.1) is 20.8 Å². The average molecular weight is 373 g/mol. The Morgan fingerprint density at radius 3 is 2.30 bits per heavy atom. The molecular weight excluding hydrogens is 357 g/mol. The summed E-state index contributed by atoms with van der Waals surface area (Å²) in [6, 6.07) is 10.5.